The van der Waals surface area contributed by atoms with Crippen LogP contribution in [0.3, 0.4) is 0 Å². The number of rotatable bonds is 6. The minimum Gasteiger partial charge on any atom is -0.497 e. The lowest BCUT2D eigenvalue weighted by molar-refractivity contribution is 0.0215. The minimum atomic E-state index is 0.291. The first-order chi connectivity index (χ1) is 15.3. The Bertz CT molecular complexity index is 970. The fourth-order valence-corrected chi connectivity index (χ4v) is 5.47. The van der Waals surface area contributed by atoms with Gasteiger partial charge in [0.2, 0.25) is 0 Å². The van der Waals surface area contributed by atoms with Crippen LogP contribution < -0.4 is 4.74 Å². The Hall–Kier alpha value is -2.91. The van der Waals surface area contributed by atoms with Crippen molar-refractivity contribution in [3.05, 3.63) is 102 Å². The molecule has 158 valence electrons. The average molecular weight is 411 g/mol. The van der Waals surface area contributed by atoms with Gasteiger partial charge in [-0.2, -0.15) is 0 Å². The standard InChI is InChI=1S/C28H30N2O/c1-31-25-14-8-9-21(19-25)20-29-27-24-15-17-30(18-16-24)28(27)26(22-10-4-2-5-11-22)23-12-6-3-7-13-23/h2-14,19-20,24,26-28H,15-18H2,1H3/b29-20-. The van der Waals surface area contributed by atoms with Crippen LogP contribution >= 0.6 is 0 Å². The zero-order valence-electron chi connectivity index (χ0n) is 18.1. The van der Waals surface area contributed by atoms with E-state index >= 15 is 0 Å². The van der Waals surface area contributed by atoms with Gasteiger partial charge in [-0.15, -0.1) is 0 Å². The highest BCUT2D eigenvalue weighted by Gasteiger charge is 2.46. The molecule has 2 atom stereocenters. The molecular formula is C28H30N2O. The summed E-state index contributed by atoms with van der Waals surface area (Å²) in [7, 11) is 1.71. The molecule has 2 unspecified atom stereocenters. The summed E-state index contributed by atoms with van der Waals surface area (Å²) in [6.45, 7) is 2.35. The molecule has 0 radical (unpaired) electrons. The van der Waals surface area contributed by atoms with Crippen LogP contribution in [0.1, 0.15) is 35.4 Å². The van der Waals surface area contributed by atoms with Crippen LogP contribution in [-0.2, 0) is 0 Å². The normalized spacial score (nSPS) is 25.2. The van der Waals surface area contributed by atoms with Crippen molar-refractivity contribution < 1.29 is 4.74 Å². The number of fused-ring (bicyclic) bond motifs is 3. The van der Waals surface area contributed by atoms with Crippen LogP contribution in [0.15, 0.2) is 89.9 Å². The molecule has 0 amide bonds. The van der Waals surface area contributed by atoms with Gasteiger partial charge in [0.15, 0.2) is 0 Å². The fourth-order valence-electron chi connectivity index (χ4n) is 5.47. The summed E-state index contributed by atoms with van der Waals surface area (Å²) < 4.78 is 5.40. The van der Waals surface area contributed by atoms with Crippen molar-refractivity contribution >= 4 is 6.21 Å². The van der Waals surface area contributed by atoms with E-state index in [0.29, 0.717) is 23.9 Å². The molecule has 2 bridgehead atoms. The number of ether oxygens (including phenoxy) is 1. The Labute approximate surface area is 185 Å². The number of aliphatic imine (C=N–C) groups is 1. The van der Waals surface area contributed by atoms with Crippen molar-refractivity contribution in [3.8, 4) is 5.75 Å². The van der Waals surface area contributed by atoms with Gasteiger partial charge in [0.1, 0.15) is 5.75 Å². The number of hydrogen-bond donors (Lipinski definition) is 0. The number of nitrogens with zero attached hydrogens (tertiary/aromatic N) is 2. The van der Waals surface area contributed by atoms with Crippen molar-refractivity contribution in [3.63, 3.8) is 0 Å². The Morgan fingerprint density at radius 1 is 0.871 bits per heavy atom. The van der Waals surface area contributed by atoms with Gasteiger partial charge in [-0.3, -0.25) is 9.89 Å². The summed E-state index contributed by atoms with van der Waals surface area (Å²) in [5.41, 5.74) is 3.87. The lowest BCUT2D eigenvalue weighted by atomic mass is 9.71. The van der Waals surface area contributed by atoms with Crippen LogP contribution in [0, 0.1) is 5.92 Å². The number of hydrogen-bond acceptors (Lipinski definition) is 3. The Balaban J connectivity index is 1.54. The van der Waals surface area contributed by atoms with E-state index in [1.165, 1.54) is 37.1 Å². The van der Waals surface area contributed by atoms with Gasteiger partial charge in [-0.25, -0.2) is 0 Å². The highest BCUT2D eigenvalue weighted by atomic mass is 16.5. The van der Waals surface area contributed by atoms with E-state index in [1.54, 1.807) is 7.11 Å². The lowest BCUT2D eigenvalue weighted by Gasteiger charge is -2.52. The van der Waals surface area contributed by atoms with Crippen molar-refractivity contribution in [2.75, 3.05) is 20.2 Å². The molecular weight excluding hydrogens is 380 g/mol. The third-order valence-electron chi connectivity index (χ3n) is 6.98. The number of piperidine rings is 3. The summed E-state index contributed by atoms with van der Waals surface area (Å²) in [5, 5.41) is 0. The van der Waals surface area contributed by atoms with Crippen molar-refractivity contribution in [2.24, 2.45) is 10.9 Å². The summed E-state index contributed by atoms with van der Waals surface area (Å²) in [4.78, 5) is 7.94. The maximum Gasteiger partial charge on any atom is 0.119 e. The second-order valence-corrected chi connectivity index (χ2v) is 8.71. The molecule has 6 rings (SSSR count). The maximum atomic E-state index is 5.40. The molecule has 3 aliphatic heterocycles. The van der Waals surface area contributed by atoms with Gasteiger partial charge in [-0.1, -0.05) is 72.8 Å². The molecule has 0 N–H and O–H groups in total. The van der Waals surface area contributed by atoms with E-state index in [-0.39, 0.29) is 0 Å². The van der Waals surface area contributed by atoms with E-state index in [4.69, 9.17) is 9.73 Å². The summed E-state index contributed by atoms with van der Waals surface area (Å²) >= 11 is 0. The molecule has 3 heteroatoms. The molecule has 3 saturated heterocycles. The zero-order chi connectivity index (χ0) is 21.0. The molecule has 0 aliphatic carbocycles. The fraction of sp³-hybridized carbons (Fsp3) is 0.321. The predicted octanol–water partition coefficient (Wildman–Crippen LogP) is 5.41. The molecule has 31 heavy (non-hydrogen) atoms. The molecule has 3 aromatic carbocycles. The Morgan fingerprint density at radius 3 is 2.13 bits per heavy atom. The van der Waals surface area contributed by atoms with E-state index < -0.39 is 0 Å². The molecule has 0 saturated carbocycles. The molecule has 3 fully saturated rings. The van der Waals surface area contributed by atoms with Crippen LogP contribution in [0.5, 0.6) is 5.75 Å². The number of benzene rings is 3. The van der Waals surface area contributed by atoms with Gasteiger partial charge < -0.3 is 4.74 Å². The van der Waals surface area contributed by atoms with Crippen LogP contribution in [0.4, 0.5) is 0 Å². The quantitative estimate of drug-likeness (QED) is 0.508. The van der Waals surface area contributed by atoms with E-state index in [0.717, 1.165) is 11.3 Å². The van der Waals surface area contributed by atoms with Gasteiger partial charge in [0.05, 0.1) is 13.2 Å². The summed E-state index contributed by atoms with van der Waals surface area (Å²) in [6, 6.07) is 30.8. The van der Waals surface area contributed by atoms with Crippen molar-refractivity contribution in [1.82, 2.24) is 4.90 Å². The first kappa shape index (κ1) is 20.0. The van der Waals surface area contributed by atoms with Gasteiger partial charge in [0, 0.05) is 18.2 Å². The molecule has 3 aliphatic rings. The average Bonchev–Trinajstić information content (AvgIpc) is 2.85. The van der Waals surface area contributed by atoms with Crippen LogP contribution in [-0.4, -0.2) is 43.4 Å². The third-order valence-corrected chi connectivity index (χ3v) is 6.98. The summed E-state index contributed by atoms with van der Waals surface area (Å²) in [5.74, 6) is 1.84. The van der Waals surface area contributed by atoms with Gasteiger partial charge >= 0.3 is 0 Å². The highest BCUT2D eigenvalue weighted by molar-refractivity contribution is 5.80. The monoisotopic (exact) mass is 410 g/mol. The Kier molecular flexibility index (Phi) is 5.86. The predicted molar refractivity (Wildman–Crippen MR) is 127 cm³/mol. The molecule has 3 aromatic rings. The van der Waals surface area contributed by atoms with E-state index in [2.05, 4.69) is 83.9 Å². The largest absolute Gasteiger partial charge is 0.497 e. The summed E-state index contributed by atoms with van der Waals surface area (Å²) in [6.07, 6.45) is 4.55. The van der Waals surface area contributed by atoms with Crippen molar-refractivity contribution in [2.45, 2.75) is 30.8 Å². The minimum absolute atomic E-state index is 0.291. The van der Waals surface area contributed by atoms with E-state index in [9.17, 15) is 0 Å². The highest BCUT2D eigenvalue weighted by Crippen LogP contribution is 2.43. The molecule has 0 spiro atoms. The smallest absolute Gasteiger partial charge is 0.119 e. The van der Waals surface area contributed by atoms with Gasteiger partial charge in [-0.05, 0) is 60.7 Å². The third kappa shape index (κ3) is 4.15. The number of methoxy groups -OCH3 is 1. The Morgan fingerprint density at radius 2 is 1.52 bits per heavy atom. The first-order valence-corrected chi connectivity index (χ1v) is 11.3. The topological polar surface area (TPSA) is 24.8 Å². The van der Waals surface area contributed by atoms with E-state index in [1.807, 2.05) is 12.1 Å². The molecule has 3 nitrogen and oxygen atoms in total. The first-order valence-electron chi connectivity index (χ1n) is 11.3. The van der Waals surface area contributed by atoms with Crippen LogP contribution in [0.25, 0.3) is 0 Å². The second kappa shape index (κ2) is 9.07. The molecule has 0 aromatic heterocycles. The maximum absolute atomic E-state index is 5.40. The van der Waals surface area contributed by atoms with Gasteiger partial charge in [0.25, 0.3) is 0 Å². The van der Waals surface area contributed by atoms with Crippen molar-refractivity contribution in [1.29, 1.82) is 0 Å². The SMILES string of the molecule is COc1cccc(/C=N\C2C3CCN(CC3)C2C(c2ccccc2)c2ccccc2)c1. The second-order valence-electron chi connectivity index (χ2n) is 8.71. The zero-order valence-corrected chi connectivity index (χ0v) is 18.1. The van der Waals surface area contributed by atoms with Crippen LogP contribution in [0.2, 0.25) is 0 Å². The molecule has 3 heterocycles. The lowest BCUT2D eigenvalue weighted by Crippen LogP contribution is -2.59.